The van der Waals surface area contributed by atoms with Gasteiger partial charge in [0, 0.05) is 29.0 Å². The number of carbonyl (C=O) groups excluding carboxylic acids is 1. The molecule has 2 aromatic carbocycles. The van der Waals surface area contributed by atoms with Crippen molar-refractivity contribution in [1.82, 2.24) is 10.3 Å². The van der Waals surface area contributed by atoms with Crippen molar-refractivity contribution in [3.8, 4) is 5.75 Å². The van der Waals surface area contributed by atoms with E-state index in [-0.39, 0.29) is 17.4 Å². The van der Waals surface area contributed by atoms with Crippen molar-refractivity contribution in [2.75, 3.05) is 23.7 Å². The van der Waals surface area contributed by atoms with Gasteiger partial charge in [0.05, 0.1) is 5.56 Å². The molecule has 0 aliphatic carbocycles. The predicted molar refractivity (Wildman–Crippen MR) is 143 cm³/mol. The van der Waals surface area contributed by atoms with Gasteiger partial charge in [0.1, 0.15) is 17.7 Å². The molecule has 1 saturated heterocycles. The second-order valence-electron chi connectivity index (χ2n) is 9.85. The van der Waals surface area contributed by atoms with E-state index in [9.17, 15) is 4.79 Å². The molecule has 2 heterocycles. The first kappa shape index (κ1) is 25.0. The smallest absolute Gasteiger partial charge is 0.259 e. The minimum absolute atomic E-state index is 0.0199. The van der Waals surface area contributed by atoms with Crippen molar-refractivity contribution < 1.29 is 9.53 Å². The molecule has 0 saturated carbocycles. The molecule has 3 N–H and O–H groups in total. The molecule has 184 valence electrons. The van der Waals surface area contributed by atoms with Crippen LogP contribution in [0.1, 0.15) is 55.1 Å². The molecule has 0 radical (unpaired) electrons. The number of hydrogen-bond acceptors (Lipinski definition) is 5. The number of nitrogens with one attached hydrogen (secondary N) is 3. The van der Waals surface area contributed by atoms with Crippen LogP contribution in [0.5, 0.6) is 5.75 Å². The molecule has 3 aromatic rings. The summed E-state index contributed by atoms with van der Waals surface area (Å²) in [5, 5.41) is 10.3. The molecular weight excluding hydrogens is 460 g/mol. The Hall–Kier alpha value is -3.09. The van der Waals surface area contributed by atoms with E-state index in [1.54, 1.807) is 42.6 Å². The average molecular weight is 493 g/mol. The second kappa shape index (κ2) is 11.1. The van der Waals surface area contributed by atoms with E-state index in [1.165, 1.54) is 5.56 Å². The fraction of sp³-hybridized carbons (Fsp3) is 0.357. The van der Waals surface area contributed by atoms with Crippen LogP contribution < -0.4 is 20.7 Å². The molecule has 4 rings (SSSR count). The van der Waals surface area contributed by atoms with Gasteiger partial charge in [-0.2, -0.15) is 0 Å². The van der Waals surface area contributed by atoms with Gasteiger partial charge >= 0.3 is 0 Å². The van der Waals surface area contributed by atoms with Gasteiger partial charge in [0.25, 0.3) is 5.91 Å². The van der Waals surface area contributed by atoms with Gasteiger partial charge in [-0.05, 0) is 79.4 Å². The topological polar surface area (TPSA) is 75.3 Å². The summed E-state index contributed by atoms with van der Waals surface area (Å²) in [7, 11) is 0. The number of carbonyl (C=O) groups is 1. The first-order chi connectivity index (χ1) is 16.8. The van der Waals surface area contributed by atoms with Gasteiger partial charge in [-0.25, -0.2) is 4.98 Å². The van der Waals surface area contributed by atoms with E-state index >= 15 is 0 Å². The minimum atomic E-state index is -0.239. The Balaban J connectivity index is 1.52. The zero-order valence-corrected chi connectivity index (χ0v) is 21.3. The van der Waals surface area contributed by atoms with Crippen LogP contribution in [0.3, 0.4) is 0 Å². The maximum Gasteiger partial charge on any atom is 0.259 e. The molecule has 1 aromatic heterocycles. The van der Waals surface area contributed by atoms with Gasteiger partial charge in [-0.15, -0.1) is 0 Å². The number of aromatic nitrogens is 1. The minimum Gasteiger partial charge on any atom is -0.490 e. The Kier molecular flexibility index (Phi) is 7.93. The summed E-state index contributed by atoms with van der Waals surface area (Å²) < 4.78 is 6.49. The van der Waals surface area contributed by atoms with E-state index in [0.717, 1.165) is 37.2 Å². The van der Waals surface area contributed by atoms with Crippen molar-refractivity contribution in [1.29, 1.82) is 0 Å². The maximum atomic E-state index is 13.0. The van der Waals surface area contributed by atoms with Gasteiger partial charge in [0.2, 0.25) is 0 Å². The number of amides is 1. The van der Waals surface area contributed by atoms with E-state index in [0.29, 0.717) is 28.6 Å². The Bertz CT molecular complexity index is 1150. The lowest BCUT2D eigenvalue weighted by Gasteiger charge is -2.27. The quantitative estimate of drug-likeness (QED) is 0.375. The molecular formula is C28H33ClN4O2. The molecule has 35 heavy (non-hydrogen) atoms. The normalized spacial score (nSPS) is 14.4. The number of hydrogen-bond donors (Lipinski definition) is 3. The van der Waals surface area contributed by atoms with E-state index in [2.05, 4.69) is 59.9 Å². The lowest BCUT2D eigenvalue weighted by molar-refractivity contribution is 0.102. The molecule has 0 unspecified atom stereocenters. The zero-order chi connectivity index (χ0) is 24.8. The lowest BCUT2D eigenvalue weighted by atomic mass is 9.86. The summed E-state index contributed by atoms with van der Waals surface area (Å²) >= 11 is 5.95. The number of anilines is 2. The zero-order valence-electron chi connectivity index (χ0n) is 20.5. The van der Waals surface area contributed by atoms with Crippen LogP contribution in [-0.4, -0.2) is 30.1 Å². The highest BCUT2D eigenvalue weighted by Crippen LogP contribution is 2.31. The Labute approximate surface area is 212 Å². The van der Waals surface area contributed by atoms with Crippen molar-refractivity contribution in [3.05, 3.63) is 82.5 Å². The number of ether oxygens (including phenoxy) is 1. The number of piperidine rings is 1. The summed E-state index contributed by atoms with van der Waals surface area (Å²) in [6.45, 7) is 9.04. The van der Waals surface area contributed by atoms with Crippen LogP contribution in [0.25, 0.3) is 0 Å². The van der Waals surface area contributed by atoms with Crippen LogP contribution in [0.4, 0.5) is 11.5 Å². The average Bonchev–Trinajstić information content (AvgIpc) is 2.85. The third-order valence-corrected chi connectivity index (χ3v) is 6.37. The summed E-state index contributed by atoms with van der Waals surface area (Å²) in [5.74, 6) is 1.17. The largest absolute Gasteiger partial charge is 0.490 e. The second-order valence-corrected chi connectivity index (χ2v) is 10.3. The fourth-order valence-electron chi connectivity index (χ4n) is 4.01. The summed E-state index contributed by atoms with van der Waals surface area (Å²) in [4.78, 5) is 17.4. The van der Waals surface area contributed by atoms with Gasteiger partial charge in [0.15, 0.2) is 0 Å². The molecule has 1 fully saturated rings. The Morgan fingerprint density at radius 1 is 1.11 bits per heavy atom. The first-order valence-corrected chi connectivity index (χ1v) is 12.4. The Morgan fingerprint density at radius 3 is 2.57 bits per heavy atom. The van der Waals surface area contributed by atoms with Gasteiger partial charge in [-0.1, -0.05) is 44.5 Å². The van der Waals surface area contributed by atoms with Crippen LogP contribution in [0, 0.1) is 0 Å². The Morgan fingerprint density at radius 2 is 1.86 bits per heavy atom. The predicted octanol–water partition coefficient (Wildman–Crippen LogP) is 6.03. The summed E-state index contributed by atoms with van der Waals surface area (Å²) in [5.41, 5.74) is 3.42. The monoisotopic (exact) mass is 492 g/mol. The highest BCUT2D eigenvalue weighted by molar-refractivity contribution is 6.30. The number of rotatable bonds is 7. The molecule has 0 atom stereocenters. The summed E-state index contributed by atoms with van der Waals surface area (Å²) in [6.07, 6.45) is 3.85. The number of benzene rings is 2. The molecule has 1 amide bonds. The maximum absolute atomic E-state index is 13.0. The van der Waals surface area contributed by atoms with Gasteiger partial charge < -0.3 is 20.7 Å². The fourth-order valence-corrected chi connectivity index (χ4v) is 4.14. The van der Waals surface area contributed by atoms with Gasteiger partial charge in [-0.3, -0.25) is 4.79 Å². The molecule has 0 bridgehead atoms. The first-order valence-electron chi connectivity index (χ1n) is 12.1. The van der Waals surface area contributed by atoms with E-state index in [4.69, 9.17) is 16.3 Å². The van der Waals surface area contributed by atoms with Crippen molar-refractivity contribution in [2.24, 2.45) is 0 Å². The molecule has 7 heteroatoms. The standard InChI is InChI=1S/C28H33ClN4O2/c1-28(2,3)20-7-6-19(25(17-20)35-23-12-15-30-16-13-23)18-32-26-24(5-4-14-31-26)27(34)33-22-10-8-21(29)9-11-22/h4-11,14,17,23,30H,12-13,15-16,18H2,1-3H3,(H,31,32)(H,33,34). The SMILES string of the molecule is CC(C)(C)c1ccc(CNc2ncccc2C(=O)Nc2ccc(Cl)cc2)c(OC2CCNCC2)c1. The third kappa shape index (κ3) is 6.74. The van der Waals surface area contributed by atoms with Crippen LogP contribution in [0.15, 0.2) is 60.8 Å². The van der Waals surface area contributed by atoms with E-state index < -0.39 is 0 Å². The van der Waals surface area contributed by atoms with Crippen LogP contribution in [-0.2, 0) is 12.0 Å². The van der Waals surface area contributed by atoms with Crippen LogP contribution >= 0.6 is 11.6 Å². The van der Waals surface area contributed by atoms with Crippen LogP contribution in [0.2, 0.25) is 5.02 Å². The highest BCUT2D eigenvalue weighted by Gasteiger charge is 2.20. The van der Waals surface area contributed by atoms with Crippen molar-refractivity contribution >= 4 is 29.0 Å². The third-order valence-electron chi connectivity index (χ3n) is 6.11. The molecule has 1 aliphatic heterocycles. The van der Waals surface area contributed by atoms with Crippen molar-refractivity contribution in [3.63, 3.8) is 0 Å². The lowest BCUT2D eigenvalue weighted by Crippen LogP contribution is -2.34. The molecule has 6 nitrogen and oxygen atoms in total. The van der Waals surface area contributed by atoms with E-state index in [1.807, 2.05) is 0 Å². The number of halogens is 1. The number of pyridine rings is 1. The number of nitrogens with zero attached hydrogens (tertiary/aromatic N) is 1. The van der Waals surface area contributed by atoms with Crippen molar-refractivity contribution in [2.45, 2.75) is 51.7 Å². The summed E-state index contributed by atoms with van der Waals surface area (Å²) in [6, 6.07) is 17.0. The highest BCUT2D eigenvalue weighted by atomic mass is 35.5. The molecule has 0 spiro atoms. The molecule has 1 aliphatic rings.